The number of amides is 2. The van der Waals surface area contributed by atoms with Crippen molar-refractivity contribution in [3.8, 4) is 0 Å². The third kappa shape index (κ3) is 3.08. The smallest absolute Gasteiger partial charge is 0.322 e. The van der Waals surface area contributed by atoms with Crippen LogP contribution in [-0.2, 0) is 14.4 Å². The molecule has 2 amide bonds. The number of carboxylic acid groups (broad SMARTS) is 1. The Kier molecular flexibility index (Phi) is 4.24. The fourth-order valence-electron chi connectivity index (χ4n) is 2.11. The number of halogens is 1. The fourth-order valence-corrected chi connectivity index (χ4v) is 2.29. The highest BCUT2D eigenvalue weighted by Gasteiger charge is 2.37. The van der Waals surface area contributed by atoms with Crippen LogP contribution in [0, 0.1) is 5.92 Å². The van der Waals surface area contributed by atoms with E-state index >= 15 is 0 Å². The Morgan fingerprint density at radius 2 is 2.20 bits per heavy atom. The number of rotatable bonds is 4. The molecule has 2 rings (SSSR count). The number of benzene rings is 1. The first kappa shape index (κ1) is 14.3. The van der Waals surface area contributed by atoms with Gasteiger partial charge in [0, 0.05) is 17.3 Å². The zero-order valence-electron chi connectivity index (χ0n) is 10.5. The molecule has 0 unspecified atom stereocenters. The highest BCUT2D eigenvalue weighted by atomic mass is 35.5. The second-order valence-electron chi connectivity index (χ2n) is 4.42. The molecule has 0 bridgehead atoms. The molecule has 0 aromatic heterocycles. The van der Waals surface area contributed by atoms with Crippen LogP contribution in [0.5, 0.6) is 0 Å². The molecular formula is C13H13ClN2O4. The van der Waals surface area contributed by atoms with Gasteiger partial charge in [-0.25, -0.2) is 0 Å². The third-order valence-corrected chi connectivity index (χ3v) is 3.29. The maximum absolute atomic E-state index is 12.2. The average Bonchev–Trinajstić information content (AvgIpc) is 2.78. The van der Waals surface area contributed by atoms with E-state index in [9.17, 15) is 14.4 Å². The van der Waals surface area contributed by atoms with Gasteiger partial charge in [0.05, 0.1) is 0 Å². The normalized spacial score (nSPS) is 18.1. The Hall–Kier alpha value is -2.08. The Bertz CT molecular complexity index is 561. The van der Waals surface area contributed by atoms with E-state index in [1.54, 1.807) is 24.3 Å². The van der Waals surface area contributed by atoms with Crippen LogP contribution in [0.2, 0.25) is 5.02 Å². The molecule has 1 heterocycles. The average molecular weight is 297 g/mol. The van der Waals surface area contributed by atoms with E-state index in [0.29, 0.717) is 23.7 Å². The number of anilines is 1. The summed E-state index contributed by atoms with van der Waals surface area (Å²) in [5, 5.41) is 11.2. The summed E-state index contributed by atoms with van der Waals surface area (Å²) in [5.74, 6) is -2.87. The number of aliphatic carboxylic acids is 1. The first-order chi connectivity index (χ1) is 9.49. The molecule has 6 nitrogen and oxygen atoms in total. The van der Waals surface area contributed by atoms with Gasteiger partial charge in [0.2, 0.25) is 11.8 Å². The Balaban J connectivity index is 2.06. The van der Waals surface area contributed by atoms with Gasteiger partial charge >= 0.3 is 5.97 Å². The van der Waals surface area contributed by atoms with E-state index in [2.05, 4.69) is 5.32 Å². The molecule has 2 N–H and O–H groups in total. The van der Waals surface area contributed by atoms with Crippen molar-refractivity contribution in [2.75, 3.05) is 18.0 Å². The van der Waals surface area contributed by atoms with Gasteiger partial charge in [-0.15, -0.1) is 0 Å². The van der Waals surface area contributed by atoms with Crippen molar-refractivity contribution in [2.24, 2.45) is 5.92 Å². The Morgan fingerprint density at radius 1 is 1.45 bits per heavy atom. The number of carbonyl (C=O) groups excluding carboxylic acids is 2. The second-order valence-corrected chi connectivity index (χ2v) is 4.86. The number of nitrogens with one attached hydrogen (secondary N) is 1. The molecule has 1 aliphatic rings. The molecule has 7 heteroatoms. The van der Waals surface area contributed by atoms with Crippen molar-refractivity contribution in [1.82, 2.24) is 5.32 Å². The van der Waals surface area contributed by atoms with Gasteiger partial charge in [0.15, 0.2) is 0 Å². The van der Waals surface area contributed by atoms with E-state index in [4.69, 9.17) is 16.7 Å². The minimum absolute atomic E-state index is 0.338. The molecule has 106 valence electrons. The van der Waals surface area contributed by atoms with Gasteiger partial charge in [-0.3, -0.25) is 14.4 Å². The molecule has 1 aromatic rings. The molecule has 0 saturated carbocycles. The number of nitrogens with zero attached hydrogens (tertiary/aromatic N) is 1. The Labute approximate surface area is 120 Å². The van der Waals surface area contributed by atoms with E-state index in [-0.39, 0.29) is 5.91 Å². The van der Waals surface area contributed by atoms with Gasteiger partial charge in [-0.05, 0) is 24.6 Å². The Morgan fingerprint density at radius 3 is 2.85 bits per heavy atom. The summed E-state index contributed by atoms with van der Waals surface area (Å²) in [7, 11) is 0. The molecule has 0 aliphatic carbocycles. The molecule has 1 atom stereocenters. The lowest BCUT2D eigenvalue weighted by molar-refractivity contribution is -0.140. The summed E-state index contributed by atoms with van der Waals surface area (Å²) < 4.78 is 0. The highest BCUT2D eigenvalue weighted by Crippen LogP contribution is 2.27. The molecule has 1 aromatic carbocycles. The van der Waals surface area contributed by atoms with E-state index in [1.165, 1.54) is 4.90 Å². The van der Waals surface area contributed by atoms with Crippen LogP contribution in [0.25, 0.3) is 0 Å². The molecule has 20 heavy (non-hydrogen) atoms. The van der Waals surface area contributed by atoms with Gasteiger partial charge in [-0.2, -0.15) is 0 Å². The quantitative estimate of drug-likeness (QED) is 0.808. The molecule has 0 spiro atoms. The SMILES string of the molecule is O=C(O)CNC(=O)[C@H]1CCN(c2cccc(Cl)c2)C1=O. The van der Waals surface area contributed by atoms with Crippen molar-refractivity contribution >= 4 is 35.1 Å². The summed E-state index contributed by atoms with van der Waals surface area (Å²) in [6.45, 7) is -0.0793. The monoisotopic (exact) mass is 296 g/mol. The summed E-state index contributed by atoms with van der Waals surface area (Å²) in [6, 6.07) is 6.81. The lowest BCUT2D eigenvalue weighted by atomic mass is 10.1. The predicted octanol–water partition coefficient (Wildman–Crippen LogP) is 0.894. The van der Waals surface area contributed by atoms with Crippen LogP contribution in [-0.4, -0.2) is 36.0 Å². The van der Waals surface area contributed by atoms with Crippen molar-refractivity contribution in [3.05, 3.63) is 29.3 Å². The lowest BCUT2D eigenvalue weighted by Gasteiger charge is -2.16. The molecule has 1 aliphatic heterocycles. The zero-order chi connectivity index (χ0) is 14.7. The standard InChI is InChI=1S/C13H13ClN2O4/c14-8-2-1-3-9(6-8)16-5-4-10(13(16)20)12(19)15-7-11(17)18/h1-3,6,10H,4-5,7H2,(H,15,19)(H,17,18)/t10-/m1/s1. The number of carbonyl (C=O) groups is 3. The number of hydrogen-bond acceptors (Lipinski definition) is 3. The summed E-state index contributed by atoms with van der Waals surface area (Å²) in [4.78, 5) is 35.8. The summed E-state index contributed by atoms with van der Waals surface area (Å²) in [6.07, 6.45) is 0.358. The first-order valence-corrected chi connectivity index (χ1v) is 6.43. The number of hydrogen-bond donors (Lipinski definition) is 2. The van der Waals surface area contributed by atoms with Crippen molar-refractivity contribution in [2.45, 2.75) is 6.42 Å². The van der Waals surface area contributed by atoms with E-state index < -0.39 is 24.3 Å². The van der Waals surface area contributed by atoms with Crippen molar-refractivity contribution in [1.29, 1.82) is 0 Å². The van der Waals surface area contributed by atoms with Crippen LogP contribution in [0.3, 0.4) is 0 Å². The van der Waals surface area contributed by atoms with Crippen LogP contribution >= 0.6 is 11.6 Å². The van der Waals surface area contributed by atoms with Gasteiger partial charge in [-0.1, -0.05) is 17.7 Å². The maximum Gasteiger partial charge on any atom is 0.322 e. The van der Waals surface area contributed by atoms with Gasteiger partial charge < -0.3 is 15.3 Å². The molecular weight excluding hydrogens is 284 g/mol. The lowest BCUT2D eigenvalue weighted by Crippen LogP contribution is -2.38. The molecule has 1 fully saturated rings. The van der Waals surface area contributed by atoms with E-state index in [1.807, 2.05) is 0 Å². The molecule has 0 radical (unpaired) electrons. The largest absolute Gasteiger partial charge is 0.480 e. The van der Waals surface area contributed by atoms with Crippen LogP contribution in [0.4, 0.5) is 5.69 Å². The highest BCUT2D eigenvalue weighted by molar-refractivity contribution is 6.31. The predicted molar refractivity (Wildman–Crippen MR) is 72.6 cm³/mol. The molecule has 1 saturated heterocycles. The summed E-state index contributed by atoms with van der Waals surface area (Å²) in [5.41, 5.74) is 0.635. The van der Waals surface area contributed by atoms with Crippen LogP contribution in [0.15, 0.2) is 24.3 Å². The second kappa shape index (κ2) is 5.92. The van der Waals surface area contributed by atoms with Gasteiger partial charge in [0.1, 0.15) is 12.5 Å². The van der Waals surface area contributed by atoms with Crippen LogP contribution < -0.4 is 10.2 Å². The van der Waals surface area contributed by atoms with Crippen molar-refractivity contribution < 1.29 is 19.5 Å². The minimum atomic E-state index is -1.14. The first-order valence-electron chi connectivity index (χ1n) is 6.05. The third-order valence-electron chi connectivity index (χ3n) is 3.06. The maximum atomic E-state index is 12.2. The van der Waals surface area contributed by atoms with E-state index in [0.717, 1.165) is 0 Å². The summed E-state index contributed by atoms with van der Waals surface area (Å²) >= 11 is 5.87. The topological polar surface area (TPSA) is 86.7 Å². The van der Waals surface area contributed by atoms with Gasteiger partial charge in [0.25, 0.3) is 0 Å². The fraction of sp³-hybridized carbons (Fsp3) is 0.308. The minimum Gasteiger partial charge on any atom is -0.480 e. The van der Waals surface area contributed by atoms with Crippen LogP contribution in [0.1, 0.15) is 6.42 Å². The number of carboxylic acids is 1. The zero-order valence-corrected chi connectivity index (χ0v) is 11.3. The van der Waals surface area contributed by atoms with Crippen molar-refractivity contribution in [3.63, 3.8) is 0 Å².